The molecule has 0 bridgehead atoms. The number of aromatic nitrogens is 3. The second-order valence-corrected chi connectivity index (χ2v) is 12.4. The Labute approximate surface area is 278 Å². The highest BCUT2D eigenvalue weighted by molar-refractivity contribution is 5.94. The molecule has 0 saturated heterocycles. The Kier molecular flexibility index (Phi) is 5.75. The number of nitrogens with zero attached hydrogens (tertiary/aromatic N) is 3. The minimum absolute atomic E-state index is 0.539. The van der Waals surface area contributed by atoms with Crippen molar-refractivity contribution in [1.29, 1.82) is 0 Å². The van der Waals surface area contributed by atoms with Gasteiger partial charge in [0.15, 0.2) is 11.6 Å². The first kappa shape index (κ1) is 26.8. The second-order valence-electron chi connectivity index (χ2n) is 12.4. The van der Waals surface area contributed by atoms with Gasteiger partial charge in [0.25, 0.3) is 0 Å². The van der Waals surface area contributed by atoms with Gasteiger partial charge in [-0.25, -0.2) is 15.0 Å². The summed E-state index contributed by atoms with van der Waals surface area (Å²) in [5, 5.41) is 0. The highest BCUT2D eigenvalue weighted by atomic mass is 16.3. The molecule has 10 rings (SSSR count). The van der Waals surface area contributed by atoms with E-state index in [0.29, 0.717) is 11.6 Å². The standard InChI is InChI=1S/C44H27N3O/c1-2-8-28(9-3-1)29-14-16-30(17-15-29)31-18-20-32(21-19-31)42-45-27-46-43(47-42)33-22-23-36-34-10-4-6-12-38(34)44(40(36)26-33)39-13-7-5-11-35(39)37-24-25-48-41(37)44/h1-27H. The first-order chi connectivity index (χ1) is 23.8. The van der Waals surface area contributed by atoms with Gasteiger partial charge in [-0.15, -0.1) is 0 Å². The molecule has 0 radical (unpaired) electrons. The molecule has 1 atom stereocenters. The molecule has 1 spiro atoms. The molecule has 0 fully saturated rings. The topological polar surface area (TPSA) is 51.8 Å². The van der Waals surface area contributed by atoms with Crippen molar-refractivity contribution in [3.05, 3.63) is 187 Å². The van der Waals surface area contributed by atoms with E-state index in [2.05, 4.69) is 156 Å². The van der Waals surface area contributed by atoms with Gasteiger partial charge in [0.1, 0.15) is 17.5 Å². The van der Waals surface area contributed by atoms with Gasteiger partial charge in [-0.2, -0.15) is 0 Å². The molecule has 1 unspecified atom stereocenters. The van der Waals surface area contributed by atoms with Crippen molar-refractivity contribution in [3.8, 4) is 67.3 Å². The van der Waals surface area contributed by atoms with Crippen LogP contribution in [0.5, 0.6) is 0 Å². The Bertz CT molecular complexity index is 2500. The van der Waals surface area contributed by atoms with Crippen LogP contribution in [-0.2, 0) is 5.41 Å². The third-order valence-corrected chi connectivity index (χ3v) is 9.97. The fraction of sp³-hybridized carbons (Fsp3) is 0.0227. The highest BCUT2D eigenvalue weighted by Crippen LogP contribution is 2.63. The van der Waals surface area contributed by atoms with E-state index >= 15 is 0 Å². The van der Waals surface area contributed by atoms with Gasteiger partial charge in [-0.1, -0.05) is 140 Å². The summed E-state index contributed by atoms with van der Waals surface area (Å²) >= 11 is 0. The number of hydrogen-bond acceptors (Lipinski definition) is 4. The summed E-state index contributed by atoms with van der Waals surface area (Å²) in [6.45, 7) is 0. The van der Waals surface area contributed by atoms with Gasteiger partial charge in [0, 0.05) is 16.7 Å². The van der Waals surface area contributed by atoms with Crippen LogP contribution in [0, 0.1) is 0 Å². The number of benzene rings is 6. The predicted octanol–water partition coefficient (Wildman–Crippen LogP) is 10.5. The fourth-order valence-corrected chi connectivity index (χ4v) is 7.80. The molecule has 2 heterocycles. The molecule has 0 N–H and O–H groups in total. The Morgan fingerprint density at radius 1 is 0.396 bits per heavy atom. The molecule has 0 amide bonds. The Morgan fingerprint density at radius 2 is 0.896 bits per heavy atom. The summed E-state index contributed by atoms with van der Waals surface area (Å²) in [6, 6.07) is 53.6. The van der Waals surface area contributed by atoms with Crippen LogP contribution in [0.1, 0.15) is 22.5 Å². The van der Waals surface area contributed by atoms with E-state index in [0.717, 1.165) is 28.0 Å². The van der Waals surface area contributed by atoms with Crippen molar-refractivity contribution in [2.24, 2.45) is 0 Å². The lowest BCUT2D eigenvalue weighted by atomic mass is 9.73. The highest BCUT2D eigenvalue weighted by Gasteiger charge is 2.54. The number of hydrogen-bond donors (Lipinski definition) is 0. The van der Waals surface area contributed by atoms with Gasteiger partial charge < -0.3 is 4.42 Å². The maximum atomic E-state index is 6.36. The van der Waals surface area contributed by atoms with Gasteiger partial charge in [-0.3, -0.25) is 0 Å². The molecular weight excluding hydrogens is 587 g/mol. The first-order valence-corrected chi connectivity index (χ1v) is 16.2. The maximum Gasteiger partial charge on any atom is 0.163 e. The lowest BCUT2D eigenvalue weighted by Gasteiger charge is -2.28. The van der Waals surface area contributed by atoms with Crippen LogP contribution in [0.15, 0.2) is 169 Å². The van der Waals surface area contributed by atoms with E-state index < -0.39 is 5.41 Å². The van der Waals surface area contributed by atoms with Gasteiger partial charge >= 0.3 is 0 Å². The molecule has 4 nitrogen and oxygen atoms in total. The van der Waals surface area contributed by atoms with Gasteiger partial charge in [0.2, 0.25) is 0 Å². The van der Waals surface area contributed by atoms with Crippen molar-refractivity contribution in [1.82, 2.24) is 15.0 Å². The van der Waals surface area contributed by atoms with Crippen molar-refractivity contribution in [2.45, 2.75) is 5.41 Å². The van der Waals surface area contributed by atoms with E-state index in [-0.39, 0.29) is 0 Å². The molecule has 6 aromatic carbocycles. The summed E-state index contributed by atoms with van der Waals surface area (Å²) in [7, 11) is 0. The summed E-state index contributed by atoms with van der Waals surface area (Å²) in [5.41, 5.74) is 14.5. The first-order valence-electron chi connectivity index (χ1n) is 16.2. The van der Waals surface area contributed by atoms with Crippen molar-refractivity contribution < 1.29 is 4.42 Å². The van der Waals surface area contributed by atoms with Crippen molar-refractivity contribution in [3.63, 3.8) is 0 Å². The third kappa shape index (κ3) is 3.80. The maximum absolute atomic E-state index is 6.36. The largest absolute Gasteiger partial charge is 0.467 e. The lowest BCUT2D eigenvalue weighted by molar-refractivity contribution is 0.474. The quantitative estimate of drug-likeness (QED) is 0.198. The van der Waals surface area contributed by atoms with Crippen LogP contribution in [0.2, 0.25) is 0 Å². The van der Waals surface area contributed by atoms with Crippen LogP contribution in [0.25, 0.3) is 67.3 Å². The molecule has 0 saturated carbocycles. The molecule has 224 valence electrons. The Morgan fingerprint density at radius 3 is 1.56 bits per heavy atom. The third-order valence-electron chi connectivity index (χ3n) is 9.97. The number of rotatable bonds is 4. The van der Waals surface area contributed by atoms with Crippen LogP contribution in [-0.4, -0.2) is 15.0 Å². The minimum atomic E-state index is -0.539. The van der Waals surface area contributed by atoms with E-state index in [1.165, 1.54) is 50.1 Å². The summed E-state index contributed by atoms with van der Waals surface area (Å²) in [5.74, 6) is 2.25. The summed E-state index contributed by atoms with van der Waals surface area (Å²) in [4.78, 5) is 14.2. The summed E-state index contributed by atoms with van der Waals surface area (Å²) in [6.07, 6.45) is 3.43. The molecule has 2 aliphatic rings. The molecular formula is C44H27N3O. The van der Waals surface area contributed by atoms with Crippen LogP contribution in [0.4, 0.5) is 0 Å². The van der Waals surface area contributed by atoms with E-state index in [4.69, 9.17) is 9.40 Å². The zero-order chi connectivity index (χ0) is 31.7. The van der Waals surface area contributed by atoms with E-state index in [1.807, 2.05) is 12.3 Å². The van der Waals surface area contributed by atoms with Gasteiger partial charge in [0.05, 0.1) is 6.26 Å². The van der Waals surface area contributed by atoms with Crippen LogP contribution in [0.3, 0.4) is 0 Å². The summed E-state index contributed by atoms with van der Waals surface area (Å²) < 4.78 is 6.36. The monoisotopic (exact) mass is 613 g/mol. The molecule has 2 aliphatic carbocycles. The average Bonchev–Trinajstić information content (AvgIpc) is 3.84. The smallest absolute Gasteiger partial charge is 0.163 e. The molecule has 48 heavy (non-hydrogen) atoms. The zero-order valence-electron chi connectivity index (χ0n) is 25.8. The number of fused-ring (bicyclic) bond motifs is 10. The van der Waals surface area contributed by atoms with E-state index in [9.17, 15) is 0 Å². The molecule has 4 heteroatoms. The zero-order valence-corrected chi connectivity index (χ0v) is 25.8. The van der Waals surface area contributed by atoms with Crippen LogP contribution < -0.4 is 0 Å². The van der Waals surface area contributed by atoms with Crippen molar-refractivity contribution in [2.75, 3.05) is 0 Å². The molecule has 2 aromatic heterocycles. The van der Waals surface area contributed by atoms with Crippen molar-refractivity contribution >= 4 is 0 Å². The fourth-order valence-electron chi connectivity index (χ4n) is 7.80. The lowest BCUT2D eigenvalue weighted by Crippen LogP contribution is -2.25. The van der Waals surface area contributed by atoms with Gasteiger partial charge in [-0.05, 0) is 67.8 Å². The Hall–Kier alpha value is -6.39. The molecule has 0 aliphatic heterocycles. The SMILES string of the molecule is c1ccc(-c2ccc(-c3ccc(-c4ncnc(-c5ccc6c(c5)C5(c7ccccc7-6)c6ccccc6-c6ccoc65)n4)cc3)cc2)cc1. The Balaban J connectivity index is 1.03. The van der Waals surface area contributed by atoms with E-state index in [1.54, 1.807) is 6.33 Å². The average molecular weight is 614 g/mol. The second kappa shape index (κ2) is 10.3. The predicted molar refractivity (Wildman–Crippen MR) is 190 cm³/mol. The minimum Gasteiger partial charge on any atom is -0.467 e. The normalized spacial score (nSPS) is 15.2. The molecule has 8 aromatic rings. The van der Waals surface area contributed by atoms with Crippen LogP contribution >= 0.6 is 0 Å². The number of furan rings is 1.